The van der Waals surface area contributed by atoms with Crippen LogP contribution in [0.4, 0.5) is 0 Å². The van der Waals surface area contributed by atoms with Crippen molar-refractivity contribution in [3.63, 3.8) is 0 Å². The maximum atomic E-state index is 13.3. The van der Waals surface area contributed by atoms with Crippen LogP contribution in [0, 0.1) is 0 Å². The molecule has 2 rings (SSSR count). The van der Waals surface area contributed by atoms with Crippen molar-refractivity contribution in [2.75, 3.05) is 0 Å². The van der Waals surface area contributed by atoms with Gasteiger partial charge >= 0.3 is 0 Å². The van der Waals surface area contributed by atoms with Crippen LogP contribution in [0.15, 0.2) is 42.2 Å². The van der Waals surface area contributed by atoms with Crippen LogP contribution in [0.1, 0.15) is 40.0 Å². The molecule has 0 bridgehead atoms. The molecule has 0 aliphatic heterocycles. The fourth-order valence-corrected chi connectivity index (χ4v) is 4.31. The van der Waals surface area contributed by atoms with Crippen molar-refractivity contribution >= 4 is 12.7 Å². The average molecular weight is 264 g/mol. The predicted octanol–water partition coefficient (Wildman–Crippen LogP) is 4.47. The molecule has 1 aliphatic carbocycles. The first-order valence-corrected chi connectivity index (χ1v) is 8.10. The number of allylic oxidation sites excluding steroid dienone is 2. The monoisotopic (exact) mass is 264 g/mol. The minimum atomic E-state index is -2.87. The lowest BCUT2D eigenvalue weighted by atomic mass is 10.3. The van der Waals surface area contributed by atoms with Crippen LogP contribution in [0.5, 0.6) is 0 Å². The standard InChI is InChI=1S/C15H21O2P/c1-15(2,3)18(16,14-11-5-4-6-12-14)17-13-9-7-8-10-13/h4-6,9,11-12H,7-8,10H2,1-3H3/t18-/m1/s1. The fraction of sp³-hybridized carbons (Fsp3) is 0.467. The maximum absolute atomic E-state index is 13.3. The highest BCUT2D eigenvalue weighted by atomic mass is 31.2. The maximum Gasteiger partial charge on any atom is 0.282 e. The summed E-state index contributed by atoms with van der Waals surface area (Å²) in [4.78, 5) is 0. The third kappa shape index (κ3) is 2.54. The van der Waals surface area contributed by atoms with E-state index in [0.717, 1.165) is 30.3 Å². The summed E-state index contributed by atoms with van der Waals surface area (Å²) in [5.74, 6) is 0.900. The zero-order valence-electron chi connectivity index (χ0n) is 11.3. The molecule has 0 heterocycles. The first kappa shape index (κ1) is 13.4. The van der Waals surface area contributed by atoms with E-state index < -0.39 is 12.5 Å². The summed E-state index contributed by atoms with van der Waals surface area (Å²) in [5, 5.41) is 0.419. The van der Waals surface area contributed by atoms with Gasteiger partial charge in [-0.1, -0.05) is 18.2 Å². The molecule has 2 nitrogen and oxygen atoms in total. The van der Waals surface area contributed by atoms with E-state index in [2.05, 4.69) is 6.08 Å². The van der Waals surface area contributed by atoms with Gasteiger partial charge in [-0.2, -0.15) is 0 Å². The summed E-state index contributed by atoms with van der Waals surface area (Å²) in [6.07, 6.45) is 5.12. The Hall–Kier alpha value is -1.01. The summed E-state index contributed by atoms with van der Waals surface area (Å²) in [6.45, 7) is 5.95. The van der Waals surface area contributed by atoms with Gasteiger partial charge in [0.2, 0.25) is 0 Å². The van der Waals surface area contributed by atoms with Crippen LogP contribution >= 0.6 is 7.37 Å². The van der Waals surface area contributed by atoms with Gasteiger partial charge < -0.3 is 4.52 Å². The van der Waals surface area contributed by atoms with Gasteiger partial charge in [-0.15, -0.1) is 0 Å². The average Bonchev–Trinajstić information content (AvgIpc) is 2.81. The SMILES string of the molecule is CC(C)(C)[P@](=O)(OC1=CCCC1)c1ccccc1. The molecule has 0 radical (unpaired) electrons. The Morgan fingerprint density at radius 2 is 1.83 bits per heavy atom. The van der Waals surface area contributed by atoms with E-state index in [1.165, 1.54) is 0 Å². The van der Waals surface area contributed by atoms with Crippen LogP contribution in [-0.2, 0) is 9.09 Å². The Balaban J connectivity index is 2.38. The zero-order chi connectivity index (χ0) is 13.2. The van der Waals surface area contributed by atoms with E-state index in [4.69, 9.17) is 4.52 Å². The topological polar surface area (TPSA) is 26.3 Å². The molecule has 1 aromatic rings. The highest BCUT2D eigenvalue weighted by molar-refractivity contribution is 7.68. The molecule has 0 fully saturated rings. The van der Waals surface area contributed by atoms with Gasteiger partial charge in [0.1, 0.15) is 0 Å². The number of hydrogen-bond acceptors (Lipinski definition) is 2. The van der Waals surface area contributed by atoms with E-state index >= 15 is 0 Å². The molecule has 3 heteroatoms. The molecule has 98 valence electrons. The molecule has 0 saturated carbocycles. The summed E-state index contributed by atoms with van der Waals surface area (Å²) < 4.78 is 19.3. The van der Waals surface area contributed by atoms with Crippen molar-refractivity contribution < 1.29 is 9.09 Å². The summed E-state index contributed by atoms with van der Waals surface area (Å²) in [7, 11) is -2.87. The van der Waals surface area contributed by atoms with Gasteiger partial charge in [-0.05, 0) is 51.8 Å². The zero-order valence-corrected chi connectivity index (χ0v) is 12.2. The number of hydrogen-bond donors (Lipinski definition) is 0. The Labute approximate surface area is 110 Å². The molecule has 0 saturated heterocycles. The van der Waals surface area contributed by atoms with Gasteiger partial charge in [0.15, 0.2) is 0 Å². The van der Waals surface area contributed by atoms with E-state index in [0.29, 0.717) is 0 Å². The first-order chi connectivity index (χ1) is 8.43. The minimum absolute atomic E-state index is 0.391. The molecule has 18 heavy (non-hydrogen) atoms. The summed E-state index contributed by atoms with van der Waals surface area (Å²) >= 11 is 0. The Kier molecular flexibility index (Phi) is 3.68. The second-order valence-electron chi connectivity index (χ2n) is 5.71. The van der Waals surface area contributed by atoms with Crippen molar-refractivity contribution in [3.8, 4) is 0 Å². The molecular weight excluding hydrogens is 243 g/mol. The van der Waals surface area contributed by atoms with Gasteiger partial charge in [-0.3, -0.25) is 4.57 Å². The van der Waals surface area contributed by atoms with E-state index in [1.54, 1.807) is 0 Å². The molecule has 0 N–H and O–H groups in total. The third-order valence-electron chi connectivity index (χ3n) is 3.22. The van der Waals surface area contributed by atoms with Crippen LogP contribution in [0.2, 0.25) is 0 Å². The third-order valence-corrected chi connectivity index (χ3v) is 6.46. The Morgan fingerprint density at radius 3 is 2.33 bits per heavy atom. The molecule has 1 aliphatic rings. The van der Waals surface area contributed by atoms with E-state index in [1.807, 2.05) is 51.1 Å². The highest BCUT2D eigenvalue weighted by Gasteiger charge is 2.41. The normalized spacial score (nSPS) is 19.2. The smallest absolute Gasteiger partial charge is 0.282 e. The van der Waals surface area contributed by atoms with Crippen molar-refractivity contribution in [2.45, 2.75) is 45.2 Å². The van der Waals surface area contributed by atoms with Crippen LogP contribution in [0.3, 0.4) is 0 Å². The predicted molar refractivity (Wildman–Crippen MR) is 76.5 cm³/mol. The molecule has 1 aromatic carbocycles. The Morgan fingerprint density at radius 1 is 1.17 bits per heavy atom. The van der Waals surface area contributed by atoms with Crippen LogP contribution in [0.25, 0.3) is 0 Å². The number of rotatable bonds is 3. The van der Waals surface area contributed by atoms with Crippen molar-refractivity contribution in [1.29, 1.82) is 0 Å². The molecule has 1 atom stereocenters. The molecule has 0 spiro atoms. The van der Waals surface area contributed by atoms with Crippen molar-refractivity contribution in [2.24, 2.45) is 0 Å². The molecule has 0 aromatic heterocycles. The Bertz CT molecular complexity index is 483. The molecular formula is C15H21O2P. The largest absolute Gasteiger partial charge is 0.444 e. The van der Waals surface area contributed by atoms with Crippen LogP contribution in [-0.4, -0.2) is 5.16 Å². The van der Waals surface area contributed by atoms with Crippen molar-refractivity contribution in [1.82, 2.24) is 0 Å². The lowest BCUT2D eigenvalue weighted by Gasteiger charge is -2.31. The lowest BCUT2D eigenvalue weighted by Crippen LogP contribution is -2.24. The molecule has 0 unspecified atom stereocenters. The minimum Gasteiger partial charge on any atom is -0.444 e. The van der Waals surface area contributed by atoms with E-state index in [9.17, 15) is 4.57 Å². The van der Waals surface area contributed by atoms with Gasteiger partial charge in [0.25, 0.3) is 7.37 Å². The van der Waals surface area contributed by atoms with Crippen molar-refractivity contribution in [3.05, 3.63) is 42.2 Å². The first-order valence-electron chi connectivity index (χ1n) is 6.48. The van der Waals surface area contributed by atoms with E-state index in [-0.39, 0.29) is 0 Å². The van der Waals surface area contributed by atoms with Gasteiger partial charge in [-0.25, -0.2) is 0 Å². The highest BCUT2D eigenvalue weighted by Crippen LogP contribution is 2.59. The van der Waals surface area contributed by atoms with Crippen LogP contribution < -0.4 is 5.30 Å². The quantitative estimate of drug-likeness (QED) is 0.753. The summed E-state index contributed by atoms with van der Waals surface area (Å²) in [6, 6.07) is 9.58. The summed E-state index contributed by atoms with van der Waals surface area (Å²) in [5.41, 5.74) is 0. The number of benzene rings is 1. The second-order valence-corrected chi connectivity index (χ2v) is 8.86. The molecule has 0 amide bonds. The van der Waals surface area contributed by atoms with Gasteiger partial charge in [0.05, 0.1) is 10.9 Å². The van der Waals surface area contributed by atoms with Gasteiger partial charge in [0, 0.05) is 11.7 Å². The second kappa shape index (κ2) is 4.93. The lowest BCUT2D eigenvalue weighted by molar-refractivity contribution is 0.380. The fourth-order valence-electron chi connectivity index (χ4n) is 2.09.